The first-order valence-corrected chi connectivity index (χ1v) is 6.52. The second kappa shape index (κ2) is 6.27. The minimum atomic E-state index is -0.471. The largest absolute Gasteiger partial charge is 0.389 e. The summed E-state index contributed by atoms with van der Waals surface area (Å²) in [6.07, 6.45) is 0.690. The van der Waals surface area contributed by atoms with E-state index in [4.69, 9.17) is 11.6 Å². The normalized spacial score (nSPS) is 14.5. The van der Waals surface area contributed by atoms with E-state index in [0.29, 0.717) is 10.9 Å². The van der Waals surface area contributed by atoms with E-state index in [2.05, 4.69) is 25.8 Å². The lowest BCUT2D eigenvalue weighted by Crippen LogP contribution is -2.23. The van der Waals surface area contributed by atoms with E-state index in [-0.39, 0.29) is 0 Å². The van der Waals surface area contributed by atoms with Gasteiger partial charge in [-0.25, -0.2) is 0 Å². The Bertz CT molecular complexity index is 365. The topological polar surface area (TPSA) is 23.5 Å². The van der Waals surface area contributed by atoms with E-state index in [9.17, 15) is 5.11 Å². The number of hydrogen-bond acceptors (Lipinski definition) is 2. The molecule has 0 aromatic heterocycles. The highest BCUT2D eigenvalue weighted by Crippen LogP contribution is 2.28. The molecule has 0 heterocycles. The van der Waals surface area contributed by atoms with E-state index in [1.807, 2.05) is 18.2 Å². The number of benzene rings is 1. The predicted molar refractivity (Wildman–Crippen MR) is 74.8 cm³/mol. The third-order valence-electron chi connectivity index (χ3n) is 3.15. The molecule has 1 N–H and O–H groups in total. The highest BCUT2D eigenvalue weighted by molar-refractivity contribution is 6.33. The summed E-state index contributed by atoms with van der Waals surface area (Å²) < 4.78 is 0. The first kappa shape index (κ1) is 14.3. The van der Waals surface area contributed by atoms with Crippen molar-refractivity contribution in [2.45, 2.75) is 33.3 Å². The highest BCUT2D eigenvalue weighted by atomic mass is 35.5. The van der Waals surface area contributed by atoms with Crippen LogP contribution in [0.15, 0.2) is 18.2 Å². The lowest BCUT2D eigenvalue weighted by Gasteiger charge is -2.24. The number of rotatable bonds is 5. The number of anilines is 1. The number of halogens is 1. The van der Waals surface area contributed by atoms with Gasteiger partial charge in [-0.1, -0.05) is 37.9 Å². The molecule has 0 amide bonds. The lowest BCUT2D eigenvalue weighted by molar-refractivity contribution is 0.199. The Morgan fingerprint density at radius 2 is 2.00 bits per heavy atom. The Hall–Kier alpha value is -0.730. The van der Waals surface area contributed by atoms with Crippen molar-refractivity contribution in [2.24, 2.45) is 5.92 Å². The predicted octanol–water partition coefficient (Wildman–Crippen LogP) is 3.88. The van der Waals surface area contributed by atoms with Gasteiger partial charge >= 0.3 is 0 Å². The van der Waals surface area contributed by atoms with Crippen LogP contribution in [0.5, 0.6) is 0 Å². The molecule has 0 aliphatic carbocycles. The van der Waals surface area contributed by atoms with Crippen molar-refractivity contribution < 1.29 is 5.11 Å². The van der Waals surface area contributed by atoms with Crippen LogP contribution in [0.1, 0.15) is 38.9 Å². The maximum absolute atomic E-state index is 9.49. The van der Waals surface area contributed by atoms with Gasteiger partial charge in [0.25, 0.3) is 0 Å². The maximum Gasteiger partial charge on any atom is 0.0762 e. The lowest BCUT2D eigenvalue weighted by atomic mass is 10.1. The first-order chi connectivity index (χ1) is 7.95. The van der Waals surface area contributed by atoms with E-state index in [1.54, 1.807) is 6.92 Å². The molecule has 0 saturated carbocycles. The third-order valence-corrected chi connectivity index (χ3v) is 3.45. The number of aliphatic hydroxyl groups excluding tert-OH is 1. The molecule has 1 aromatic carbocycles. The Labute approximate surface area is 109 Å². The van der Waals surface area contributed by atoms with Crippen LogP contribution in [0.4, 0.5) is 5.69 Å². The van der Waals surface area contributed by atoms with Gasteiger partial charge in [-0.15, -0.1) is 0 Å². The molecule has 0 bridgehead atoms. The first-order valence-electron chi connectivity index (χ1n) is 6.14. The molecule has 0 saturated heterocycles. The zero-order chi connectivity index (χ0) is 13.0. The van der Waals surface area contributed by atoms with Crippen LogP contribution in [0.3, 0.4) is 0 Å². The van der Waals surface area contributed by atoms with Gasteiger partial charge in [0, 0.05) is 13.6 Å². The summed E-state index contributed by atoms with van der Waals surface area (Å²) in [5, 5.41) is 10.2. The van der Waals surface area contributed by atoms with E-state index in [0.717, 1.165) is 24.2 Å². The molecule has 0 radical (unpaired) electrons. The Balaban J connectivity index is 2.84. The summed E-state index contributed by atoms with van der Waals surface area (Å²) in [5.41, 5.74) is 1.88. The molecule has 0 aliphatic rings. The zero-order valence-electron chi connectivity index (χ0n) is 11.1. The smallest absolute Gasteiger partial charge is 0.0762 e. The third kappa shape index (κ3) is 3.90. The molecule has 2 nitrogen and oxygen atoms in total. The molecule has 0 aliphatic heterocycles. The number of nitrogens with zero attached hydrogens (tertiary/aromatic N) is 1. The molecule has 0 spiro atoms. The fourth-order valence-electron chi connectivity index (χ4n) is 1.79. The van der Waals surface area contributed by atoms with Crippen LogP contribution in [0.2, 0.25) is 5.02 Å². The molecule has 2 atom stereocenters. The van der Waals surface area contributed by atoms with Crippen molar-refractivity contribution >= 4 is 17.3 Å². The maximum atomic E-state index is 9.49. The van der Waals surface area contributed by atoms with Crippen LogP contribution < -0.4 is 4.90 Å². The zero-order valence-corrected chi connectivity index (χ0v) is 11.8. The molecule has 1 aromatic rings. The van der Waals surface area contributed by atoms with Crippen LogP contribution in [-0.2, 0) is 0 Å². The van der Waals surface area contributed by atoms with Gasteiger partial charge < -0.3 is 10.0 Å². The summed E-state index contributed by atoms with van der Waals surface area (Å²) in [6, 6.07) is 5.75. The van der Waals surface area contributed by atoms with Crippen LogP contribution in [-0.4, -0.2) is 18.7 Å². The van der Waals surface area contributed by atoms with Gasteiger partial charge in [0.05, 0.1) is 16.8 Å². The van der Waals surface area contributed by atoms with E-state index in [1.165, 1.54) is 0 Å². The summed E-state index contributed by atoms with van der Waals surface area (Å²) in [6.45, 7) is 7.16. The molecule has 2 unspecified atom stereocenters. The Morgan fingerprint density at radius 1 is 1.35 bits per heavy atom. The van der Waals surface area contributed by atoms with Gasteiger partial charge in [-0.05, 0) is 30.5 Å². The second-order valence-electron chi connectivity index (χ2n) is 4.78. The Morgan fingerprint density at radius 3 is 2.47 bits per heavy atom. The van der Waals surface area contributed by atoms with E-state index < -0.39 is 6.10 Å². The van der Waals surface area contributed by atoms with Gasteiger partial charge in [0.15, 0.2) is 0 Å². The van der Waals surface area contributed by atoms with Crippen molar-refractivity contribution in [3.8, 4) is 0 Å². The van der Waals surface area contributed by atoms with Crippen molar-refractivity contribution in [2.75, 3.05) is 18.5 Å². The second-order valence-corrected chi connectivity index (χ2v) is 5.19. The van der Waals surface area contributed by atoms with Crippen LogP contribution in [0, 0.1) is 5.92 Å². The average molecular weight is 256 g/mol. The molecule has 17 heavy (non-hydrogen) atoms. The number of hydrogen-bond donors (Lipinski definition) is 1. The summed E-state index contributed by atoms with van der Waals surface area (Å²) in [7, 11) is 2.05. The monoisotopic (exact) mass is 255 g/mol. The standard InChI is InChI=1S/C14H22ClNO/c1-5-10(2)9-16(4)14-7-6-12(11(3)17)8-13(14)15/h6-8,10-11,17H,5,9H2,1-4H3. The molecule has 3 heteroatoms. The van der Waals surface area contributed by atoms with E-state index >= 15 is 0 Å². The van der Waals surface area contributed by atoms with Crippen molar-refractivity contribution in [1.82, 2.24) is 0 Å². The van der Waals surface area contributed by atoms with Gasteiger partial charge in [0.1, 0.15) is 0 Å². The average Bonchev–Trinajstić information content (AvgIpc) is 2.28. The van der Waals surface area contributed by atoms with Gasteiger partial charge in [0.2, 0.25) is 0 Å². The van der Waals surface area contributed by atoms with Crippen molar-refractivity contribution in [3.05, 3.63) is 28.8 Å². The molecular weight excluding hydrogens is 234 g/mol. The van der Waals surface area contributed by atoms with Gasteiger partial charge in [-0.3, -0.25) is 0 Å². The fraction of sp³-hybridized carbons (Fsp3) is 0.571. The van der Waals surface area contributed by atoms with Crippen molar-refractivity contribution in [3.63, 3.8) is 0 Å². The minimum absolute atomic E-state index is 0.471. The molecule has 1 rings (SSSR count). The molecule has 96 valence electrons. The summed E-state index contributed by atoms with van der Waals surface area (Å²) in [5.74, 6) is 0.646. The molecule has 0 fully saturated rings. The van der Waals surface area contributed by atoms with Crippen LogP contribution >= 0.6 is 11.6 Å². The van der Waals surface area contributed by atoms with Gasteiger partial charge in [-0.2, -0.15) is 0 Å². The molecular formula is C14H22ClNO. The Kier molecular flexibility index (Phi) is 5.29. The highest BCUT2D eigenvalue weighted by Gasteiger charge is 2.11. The summed E-state index contributed by atoms with van der Waals surface area (Å²) in [4.78, 5) is 2.17. The minimum Gasteiger partial charge on any atom is -0.389 e. The van der Waals surface area contributed by atoms with Crippen LogP contribution in [0.25, 0.3) is 0 Å². The quantitative estimate of drug-likeness (QED) is 0.863. The number of aliphatic hydroxyl groups is 1. The fourth-order valence-corrected chi connectivity index (χ4v) is 2.12. The van der Waals surface area contributed by atoms with Crippen molar-refractivity contribution in [1.29, 1.82) is 0 Å². The summed E-state index contributed by atoms with van der Waals surface area (Å²) >= 11 is 6.24. The SMILES string of the molecule is CCC(C)CN(C)c1ccc(C(C)O)cc1Cl.